The van der Waals surface area contributed by atoms with Crippen LogP contribution >= 0.6 is 0 Å². The third-order valence-electron chi connectivity index (χ3n) is 9.70. The van der Waals surface area contributed by atoms with Crippen molar-refractivity contribution in [2.75, 3.05) is 81.0 Å². The van der Waals surface area contributed by atoms with Crippen LogP contribution in [0.1, 0.15) is 16.7 Å². The predicted molar refractivity (Wildman–Crippen MR) is 193 cm³/mol. The summed E-state index contributed by atoms with van der Waals surface area (Å²) in [4.78, 5) is 9.22. The standard InChI is InChI=1S/C36H40N6O5S2/c1-39-15-19-41(20-16-39)28-7-3-26(4-8-28)25-48(44,45)30-11-13-32-33-14-12-31(24-35(33)36(37-43)34(32)23-30)49(46,47)38-27-5-9-29(10-6-27)42-21-17-40(2)18-22-42/h3-14,23-24,38,43H,15-22,25H2,1-2H3/b37-36+. The van der Waals surface area contributed by atoms with Crippen molar-refractivity contribution < 1.29 is 22.0 Å². The summed E-state index contributed by atoms with van der Waals surface area (Å²) in [6.45, 7) is 7.58. The smallest absolute Gasteiger partial charge is 0.261 e. The number of rotatable bonds is 8. The van der Waals surface area contributed by atoms with Crippen molar-refractivity contribution >= 4 is 42.6 Å². The number of piperazine rings is 2. The molecule has 4 aromatic carbocycles. The zero-order valence-electron chi connectivity index (χ0n) is 27.6. The van der Waals surface area contributed by atoms with E-state index in [1.54, 1.807) is 30.3 Å². The van der Waals surface area contributed by atoms with E-state index in [0.717, 1.165) is 63.7 Å². The van der Waals surface area contributed by atoms with Crippen molar-refractivity contribution in [3.05, 3.63) is 102 Å². The van der Waals surface area contributed by atoms with Gasteiger partial charge in [0, 0.05) is 80.5 Å². The number of hydrogen-bond acceptors (Lipinski definition) is 10. The van der Waals surface area contributed by atoms with Crippen LogP contribution in [0.4, 0.5) is 17.1 Å². The van der Waals surface area contributed by atoms with E-state index >= 15 is 0 Å². The van der Waals surface area contributed by atoms with Crippen molar-refractivity contribution in [2.24, 2.45) is 5.16 Å². The molecule has 0 radical (unpaired) electrons. The Morgan fingerprint density at radius 1 is 0.612 bits per heavy atom. The number of oxime groups is 1. The Balaban J connectivity index is 1.07. The molecule has 1 aliphatic carbocycles. The average molecular weight is 701 g/mol. The molecule has 2 saturated heterocycles. The number of nitrogens with zero attached hydrogens (tertiary/aromatic N) is 5. The highest BCUT2D eigenvalue weighted by Gasteiger charge is 2.30. The fourth-order valence-corrected chi connectivity index (χ4v) is 9.17. The third kappa shape index (κ3) is 6.76. The molecule has 3 aliphatic rings. The van der Waals surface area contributed by atoms with Crippen LogP contribution in [0.25, 0.3) is 11.1 Å². The Morgan fingerprint density at radius 3 is 1.59 bits per heavy atom. The average Bonchev–Trinajstić information content (AvgIpc) is 3.42. The van der Waals surface area contributed by atoms with Crippen molar-refractivity contribution in [1.29, 1.82) is 0 Å². The molecule has 49 heavy (non-hydrogen) atoms. The Morgan fingerprint density at radius 2 is 1.08 bits per heavy atom. The summed E-state index contributed by atoms with van der Waals surface area (Å²) in [5.41, 5.74) is 5.48. The van der Waals surface area contributed by atoms with Gasteiger partial charge in [-0.25, -0.2) is 16.8 Å². The number of sulfonamides is 1. The van der Waals surface area contributed by atoms with Gasteiger partial charge < -0.3 is 24.8 Å². The topological polar surface area (TPSA) is 126 Å². The van der Waals surface area contributed by atoms with Gasteiger partial charge in [0.25, 0.3) is 10.0 Å². The predicted octanol–water partition coefficient (Wildman–Crippen LogP) is 4.17. The minimum Gasteiger partial charge on any atom is -0.410 e. The number of hydrogen-bond donors (Lipinski definition) is 2. The number of nitrogens with one attached hydrogen (secondary N) is 1. The van der Waals surface area contributed by atoms with Crippen LogP contribution < -0.4 is 14.5 Å². The van der Waals surface area contributed by atoms with Gasteiger partial charge in [0.15, 0.2) is 9.84 Å². The summed E-state index contributed by atoms with van der Waals surface area (Å²) in [5, 5.41) is 13.6. The normalized spacial score (nSPS) is 18.0. The monoisotopic (exact) mass is 700 g/mol. The summed E-state index contributed by atoms with van der Waals surface area (Å²) in [5.74, 6) is -0.183. The van der Waals surface area contributed by atoms with Gasteiger partial charge in [-0.15, -0.1) is 0 Å². The first-order chi connectivity index (χ1) is 23.5. The van der Waals surface area contributed by atoms with Gasteiger partial charge >= 0.3 is 0 Å². The maximum Gasteiger partial charge on any atom is 0.261 e. The first-order valence-corrected chi connectivity index (χ1v) is 19.5. The van der Waals surface area contributed by atoms with E-state index in [-0.39, 0.29) is 21.3 Å². The van der Waals surface area contributed by atoms with Crippen molar-refractivity contribution in [3.63, 3.8) is 0 Å². The Labute approximate surface area is 288 Å². The summed E-state index contributed by atoms with van der Waals surface area (Å²) in [7, 11) is -3.53. The van der Waals surface area contributed by atoms with Crippen molar-refractivity contribution in [1.82, 2.24) is 9.80 Å². The van der Waals surface area contributed by atoms with Crippen LogP contribution in [-0.2, 0) is 25.6 Å². The molecular formula is C36H40N6O5S2. The molecule has 256 valence electrons. The molecular weight excluding hydrogens is 661 g/mol. The minimum atomic E-state index is -3.99. The molecule has 0 amide bonds. The second-order valence-electron chi connectivity index (χ2n) is 13.0. The fourth-order valence-electron chi connectivity index (χ4n) is 6.71. The van der Waals surface area contributed by atoms with E-state index in [0.29, 0.717) is 33.5 Å². The van der Waals surface area contributed by atoms with Crippen LogP contribution in [0.3, 0.4) is 0 Å². The highest BCUT2D eigenvalue weighted by atomic mass is 32.2. The van der Waals surface area contributed by atoms with E-state index in [9.17, 15) is 22.0 Å². The van der Waals surface area contributed by atoms with Crippen molar-refractivity contribution in [3.8, 4) is 11.1 Å². The van der Waals surface area contributed by atoms with E-state index in [1.165, 1.54) is 18.2 Å². The summed E-state index contributed by atoms with van der Waals surface area (Å²) in [6.07, 6.45) is 0. The summed E-state index contributed by atoms with van der Waals surface area (Å²) in [6, 6.07) is 24.3. The van der Waals surface area contributed by atoms with Gasteiger partial charge in [-0.3, -0.25) is 4.72 Å². The van der Waals surface area contributed by atoms with Gasteiger partial charge in [-0.1, -0.05) is 29.4 Å². The van der Waals surface area contributed by atoms with E-state index in [1.807, 2.05) is 36.4 Å². The lowest BCUT2D eigenvalue weighted by Crippen LogP contribution is -2.44. The van der Waals surface area contributed by atoms with Crippen LogP contribution in [0, 0.1) is 0 Å². The van der Waals surface area contributed by atoms with Gasteiger partial charge in [0.1, 0.15) is 5.71 Å². The molecule has 0 saturated carbocycles. The van der Waals surface area contributed by atoms with Gasteiger partial charge in [-0.2, -0.15) is 0 Å². The minimum absolute atomic E-state index is 0.00350. The van der Waals surface area contributed by atoms with E-state index in [2.05, 4.69) is 43.6 Å². The number of likely N-dealkylation sites (N-methyl/N-ethyl adjacent to an activating group) is 2. The quantitative estimate of drug-likeness (QED) is 0.181. The largest absolute Gasteiger partial charge is 0.410 e. The molecule has 2 aliphatic heterocycles. The van der Waals surface area contributed by atoms with Gasteiger partial charge in [0.05, 0.1) is 15.5 Å². The second-order valence-corrected chi connectivity index (χ2v) is 16.7. The maximum absolute atomic E-state index is 13.6. The van der Waals surface area contributed by atoms with Crippen LogP contribution in [0.5, 0.6) is 0 Å². The lowest BCUT2D eigenvalue weighted by Gasteiger charge is -2.34. The first-order valence-electron chi connectivity index (χ1n) is 16.3. The number of anilines is 3. The molecule has 4 aromatic rings. The number of sulfone groups is 1. The zero-order valence-corrected chi connectivity index (χ0v) is 29.2. The van der Waals surface area contributed by atoms with Crippen LogP contribution in [0.15, 0.2) is 99.9 Å². The Kier molecular flexibility index (Phi) is 8.86. The lowest BCUT2D eigenvalue weighted by molar-refractivity contribution is 0.313. The van der Waals surface area contributed by atoms with Crippen LogP contribution in [0.2, 0.25) is 0 Å². The third-order valence-corrected chi connectivity index (χ3v) is 12.8. The summed E-state index contributed by atoms with van der Waals surface area (Å²) < 4.78 is 56.7. The van der Waals surface area contributed by atoms with Crippen LogP contribution in [-0.4, -0.2) is 104 Å². The Hall–Kier alpha value is -4.43. The molecule has 2 fully saturated rings. The van der Waals surface area contributed by atoms with E-state index in [4.69, 9.17) is 0 Å². The molecule has 7 rings (SSSR count). The summed E-state index contributed by atoms with van der Waals surface area (Å²) >= 11 is 0. The highest BCUT2D eigenvalue weighted by Crippen LogP contribution is 2.40. The molecule has 0 bridgehead atoms. The van der Waals surface area contributed by atoms with Gasteiger partial charge in [-0.05, 0) is 91.4 Å². The SMILES string of the molecule is CN1CCN(c2ccc(CS(=O)(=O)c3ccc4c(c3)/C(=N\O)c3cc(S(=O)(=O)Nc5ccc(N6CCN(C)CC6)cc5)ccc3-4)cc2)CC1. The second kappa shape index (κ2) is 13.1. The molecule has 2 N–H and O–H groups in total. The Bertz CT molecular complexity index is 1960. The molecule has 0 spiro atoms. The lowest BCUT2D eigenvalue weighted by atomic mass is 10.1. The van der Waals surface area contributed by atoms with Crippen molar-refractivity contribution in [2.45, 2.75) is 15.5 Å². The first kappa shape index (κ1) is 33.1. The molecule has 11 nitrogen and oxygen atoms in total. The number of fused-ring (bicyclic) bond motifs is 3. The molecule has 0 atom stereocenters. The molecule has 0 unspecified atom stereocenters. The zero-order chi connectivity index (χ0) is 34.3. The van der Waals surface area contributed by atoms with Gasteiger partial charge in [0.2, 0.25) is 0 Å². The fraction of sp³-hybridized carbons (Fsp3) is 0.306. The van der Waals surface area contributed by atoms with E-state index < -0.39 is 19.9 Å². The number of benzene rings is 4. The molecule has 13 heteroatoms. The maximum atomic E-state index is 13.6. The highest BCUT2D eigenvalue weighted by molar-refractivity contribution is 7.92. The molecule has 0 aromatic heterocycles. The molecule has 2 heterocycles.